The standard InChI is InChI=1S/C19H28N2O/c1-15-6-5-7-17(12-15)19(9-3-2-4-10-19)18(22)21-11-8-16(13-20)14-21/h5-7,12,16H,2-4,8-11,13-14,20H2,1H3. The van der Waals surface area contributed by atoms with Crippen molar-refractivity contribution in [3.8, 4) is 0 Å². The summed E-state index contributed by atoms with van der Waals surface area (Å²) < 4.78 is 0. The second-order valence-corrected chi connectivity index (χ2v) is 7.15. The number of hydrogen-bond acceptors (Lipinski definition) is 2. The number of hydrogen-bond donors (Lipinski definition) is 1. The molecule has 1 aromatic rings. The molecule has 2 N–H and O–H groups in total. The number of carbonyl (C=O) groups is 1. The van der Waals surface area contributed by atoms with Gasteiger partial charge in [-0.3, -0.25) is 4.79 Å². The molecule has 1 aliphatic heterocycles. The number of likely N-dealkylation sites (tertiary alicyclic amines) is 1. The van der Waals surface area contributed by atoms with E-state index in [9.17, 15) is 4.79 Å². The Kier molecular flexibility index (Phi) is 4.53. The van der Waals surface area contributed by atoms with Gasteiger partial charge in [0.25, 0.3) is 0 Å². The lowest BCUT2D eigenvalue weighted by Gasteiger charge is -2.39. The fourth-order valence-electron chi connectivity index (χ4n) is 4.24. The fraction of sp³-hybridized carbons (Fsp3) is 0.632. The molecule has 22 heavy (non-hydrogen) atoms. The Labute approximate surface area is 133 Å². The number of rotatable bonds is 3. The third-order valence-corrected chi connectivity index (χ3v) is 5.59. The summed E-state index contributed by atoms with van der Waals surface area (Å²) in [5, 5.41) is 0. The molecule has 1 heterocycles. The average molecular weight is 300 g/mol. The van der Waals surface area contributed by atoms with E-state index in [1.54, 1.807) is 0 Å². The van der Waals surface area contributed by atoms with Gasteiger partial charge in [0.15, 0.2) is 0 Å². The number of aryl methyl sites for hydroxylation is 1. The molecule has 1 atom stereocenters. The molecule has 120 valence electrons. The molecule has 1 amide bonds. The Balaban J connectivity index is 1.91. The first-order valence-electron chi connectivity index (χ1n) is 8.72. The van der Waals surface area contributed by atoms with Crippen molar-refractivity contribution in [3.05, 3.63) is 35.4 Å². The highest BCUT2D eigenvalue weighted by molar-refractivity contribution is 5.88. The lowest BCUT2D eigenvalue weighted by atomic mass is 9.68. The Bertz CT molecular complexity index is 534. The first kappa shape index (κ1) is 15.5. The van der Waals surface area contributed by atoms with Gasteiger partial charge < -0.3 is 10.6 Å². The van der Waals surface area contributed by atoms with Gasteiger partial charge >= 0.3 is 0 Å². The van der Waals surface area contributed by atoms with E-state index >= 15 is 0 Å². The number of benzene rings is 1. The average Bonchev–Trinajstić information content (AvgIpc) is 3.04. The van der Waals surface area contributed by atoms with Crippen LogP contribution in [-0.2, 0) is 10.2 Å². The molecule has 2 fully saturated rings. The SMILES string of the molecule is Cc1cccc(C2(C(=O)N3CCC(CN)C3)CCCCC2)c1. The molecule has 3 heteroatoms. The fourth-order valence-corrected chi connectivity index (χ4v) is 4.24. The summed E-state index contributed by atoms with van der Waals surface area (Å²) in [5.41, 5.74) is 7.99. The van der Waals surface area contributed by atoms with Crippen LogP contribution in [0.5, 0.6) is 0 Å². The molecule has 3 rings (SSSR count). The van der Waals surface area contributed by atoms with Gasteiger partial charge in [-0.15, -0.1) is 0 Å². The van der Waals surface area contributed by atoms with Gasteiger partial charge in [0.2, 0.25) is 5.91 Å². The van der Waals surface area contributed by atoms with Crippen LogP contribution in [0, 0.1) is 12.8 Å². The summed E-state index contributed by atoms with van der Waals surface area (Å²) in [6, 6.07) is 8.60. The Morgan fingerprint density at radius 1 is 1.32 bits per heavy atom. The van der Waals surface area contributed by atoms with E-state index in [0.717, 1.165) is 45.2 Å². The van der Waals surface area contributed by atoms with Crippen molar-refractivity contribution in [3.63, 3.8) is 0 Å². The van der Waals surface area contributed by atoms with Crippen LogP contribution in [0.15, 0.2) is 24.3 Å². The van der Waals surface area contributed by atoms with Crippen molar-refractivity contribution in [2.24, 2.45) is 11.7 Å². The summed E-state index contributed by atoms with van der Waals surface area (Å²) in [7, 11) is 0. The van der Waals surface area contributed by atoms with Crippen LogP contribution in [0.2, 0.25) is 0 Å². The summed E-state index contributed by atoms with van der Waals surface area (Å²) in [4.78, 5) is 15.5. The van der Waals surface area contributed by atoms with Crippen molar-refractivity contribution in [1.29, 1.82) is 0 Å². The maximum Gasteiger partial charge on any atom is 0.233 e. The van der Waals surface area contributed by atoms with Crippen LogP contribution in [0.4, 0.5) is 0 Å². The predicted molar refractivity (Wildman–Crippen MR) is 89.7 cm³/mol. The maximum absolute atomic E-state index is 13.4. The molecule has 3 nitrogen and oxygen atoms in total. The zero-order chi connectivity index (χ0) is 15.6. The number of carbonyl (C=O) groups excluding carboxylic acids is 1. The van der Waals surface area contributed by atoms with Gasteiger partial charge in [0.1, 0.15) is 0 Å². The number of nitrogens with zero attached hydrogens (tertiary/aromatic N) is 1. The highest BCUT2D eigenvalue weighted by atomic mass is 16.2. The van der Waals surface area contributed by atoms with Gasteiger partial charge in [-0.25, -0.2) is 0 Å². The summed E-state index contributed by atoms with van der Waals surface area (Å²) in [6.45, 7) is 4.54. The molecular formula is C19H28N2O. The third-order valence-electron chi connectivity index (χ3n) is 5.59. The van der Waals surface area contributed by atoms with E-state index in [4.69, 9.17) is 5.73 Å². The van der Waals surface area contributed by atoms with E-state index in [-0.39, 0.29) is 5.41 Å². The minimum Gasteiger partial charge on any atom is -0.342 e. The molecule has 0 bridgehead atoms. The Morgan fingerprint density at radius 2 is 2.09 bits per heavy atom. The predicted octanol–water partition coefficient (Wildman–Crippen LogP) is 3.00. The molecular weight excluding hydrogens is 272 g/mol. The largest absolute Gasteiger partial charge is 0.342 e. The van der Waals surface area contributed by atoms with Crippen molar-refractivity contribution in [2.75, 3.05) is 19.6 Å². The van der Waals surface area contributed by atoms with Crippen molar-refractivity contribution in [1.82, 2.24) is 4.90 Å². The first-order valence-corrected chi connectivity index (χ1v) is 8.72. The Morgan fingerprint density at radius 3 is 2.73 bits per heavy atom. The monoisotopic (exact) mass is 300 g/mol. The minimum absolute atomic E-state index is 0.284. The number of nitrogens with two attached hydrogens (primary N) is 1. The van der Waals surface area contributed by atoms with E-state index in [0.29, 0.717) is 18.4 Å². The van der Waals surface area contributed by atoms with Gasteiger partial charge in [0, 0.05) is 13.1 Å². The molecule has 1 saturated carbocycles. The van der Waals surface area contributed by atoms with Crippen molar-refractivity contribution in [2.45, 2.75) is 50.9 Å². The van der Waals surface area contributed by atoms with Gasteiger partial charge in [-0.1, -0.05) is 49.1 Å². The van der Waals surface area contributed by atoms with Crippen LogP contribution in [0.1, 0.15) is 49.7 Å². The first-order chi connectivity index (χ1) is 10.7. The molecule has 0 radical (unpaired) electrons. The highest BCUT2D eigenvalue weighted by Crippen LogP contribution is 2.42. The van der Waals surface area contributed by atoms with Crippen LogP contribution >= 0.6 is 0 Å². The second kappa shape index (κ2) is 6.41. The summed E-state index contributed by atoms with van der Waals surface area (Å²) >= 11 is 0. The summed E-state index contributed by atoms with van der Waals surface area (Å²) in [6.07, 6.45) is 6.64. The van der Waals surface area contributed by atoms with E-state index in [2.05, 4.69) is 36.1 Å². The van der Waals surface area contributed by atoms with Crippen LogP contribution in [0.25, 0.3) is 0 Å². The second-order valence-electron chi connectivity index (χ2n) is 7.15. The molecule has 0 spiro atoms. The highest BCUT2D eigenvalue weighted by Gasteiger charge is 2.44. The minimum atomic E-state index is -0.284. The van der Waals surface area contributed by atoms with Crippen LogP contribution in [0.3, 0.4) is 0 Å². The molecule has 1 unspecified atom stereocenters. The molecule has 1 aromatic carbocycles. The van der Waals surface area contributed by atoms with E-state index in [1.807, 2.05) is 0 Å². The Hall–Kier alpha value is -1.35. The van der Waals surface area contributed by atoms with Gasteiger partial charge in [-0.05, 0) is 44.2 Å². The normalized spacial score (nSPS) is 24.5. The zero-order valence-corrected chi connectivity index (χ0v) is 13.7. The molecule has 0 aromatic heterocycles. The topological polar surface area (TPSA) is 46.3 Å². The van der Waals surface area contributed by atoms with E-state index in [1.165, 1.54) is 17.5 Å². The van der Waals surface area contributed by atoms with Crippen LogP contribution < -0.4 is 5.73 Å². The van der Waals surface area contributed by atoms with Crippen LogP contribution in [-0.4, -0.2) is 30.4 Å². The lowest BCUT2D eigenvalue weighted by Crippen LogP contribution is -2.47. The maximum atomic E-state index is 13.4. The number of amides is 1. The quantitative estimate of drug-likeness (QED) is 0.932. The van der Waals surface area contributed by atoms with E-state index < -0.39 is 0 Å². The lowest BCUT2D eigenvalue weighted by molar-refractivity contribution is -0.138. The zero-order valence-electron chi connectivity index (χ0n) is 13.7. The van der Waals surface area contributed by atoms with Crippen molar-refractivity contribution >= 4 is 5.91 Å². The molecule has 1 aliphatic carbocycles. The van der Waals surface area contributed by atoms with Gasteiger partial charge in [-0.2, -0.15) is 0 Å². The van der Waals surface area contributed by atoms with Gasteiger partial charge in [0.05, 0.1) is 5.41 Å². The summed E-state index contributed by atoms with van der Waals surface area (Å²) in [5.74, 6) is 0.843. The molecule has 2 aliphatic rings. The molecule has 1 saturated heterocycles. The smallest absolute Gasteiger partial charge is 0.233 e. The third kappa shape index (κ3) is 2.79. The van der Waals surface area contributed by atoms with Crippen molar-refractivity contribution < 1.29 is 4.79 Å².